The van der Waals surface area contributed by atoms with E-state index in [0.29, 0.717) is 43.3 Å². The Morgan fingerprint density at radius 1 is 1.18 bits per heavy atom. The van der Waals surface area contributed by atoms with Gasteiger partial charge in [0, 0.05) is 39.8 Å². The second-order valence-electron chi connectivity index (χ2n) is 7.14. The normalized spacial score (nSPS) is 17.4. The van der Waals surface area contributed by atoms with Crippen molar-refractivity contribution in [3.63, 3.8) is 0 Å². The third-order valence-electron chi connectivity index (χ3n) is 5.27. The molecule has 0 aliphatic carbocycles. The molecule has 0 bridgehead atoms. The molecule has 148 valence electrons. The monoisotopic (exact) mass is 384 g/mol. The Morgan fingerprint density at radius 3 is 2.64 bits per heavy atom. The second-order valence-corrected chi connectivity index (χ2v) is 7.14. The van der Waals surface area contributed by atoms with Gasteiger partial charge < -0.3 is 15.3 Å². The molecule has 9 nitrogen and oxygen atoms in total. The summed E-state index contributed by atoms with van der Waals surface area (Å²) < 4.78 is 4.41. The van der Waals surface area contributed by atoms with Gasteiger partial charge in [0.1, 0.15) is 0 Å². The van der Waals surface area contributed by atoms with Crippen LogP contribution in [-0.2, 0) is 20.6 Å². The van der Waals surface area contributed by atoms with Gasteiger partial charge in [0.25, 0.3) is 5.56 Å². The first-order chi connectivity index (χ1) is 13.5. The lowest BCUT2D eigenvalue weighted by Gasteiger charge is -2.33. The molecule has 2 aromatic heterocycles. The zero-order chi connectivity index (χ0) is 19.8. The number of benzene rings is 1. The number of hydrogen-bond donors (Lipinski definition) is 2. The van der Waals surface area contributed by atoms with Crippen LogP contribution in [0.15, 0.2) is 39.9 Å². The maximum absolute atomic E-state index is 12.9. The van der Waals surface area contributed by atoms with Gasteiger partial charge in [-0.3, -0.25) is 18.5 Å². The number of hydrogen-bond acceptors (Lipinski definition) is 6. The molecule has 0 radical (unpaired) electrons. The molecule has 0 saturated carbocycles. The SMILES string of the molecule is Cn1c(=O)c2c(nc(N3CCN[C@H](CO)C3)n2Cc2ccccc2)n(C)c1=O. The molecule has 0 unspecified atom stereocenters. The minimum Gasteiger partial charge on any atom is -0.395 e. The summed E-state index contributed by atoms with van der Waals surface area (Å²) in [6.45, 7) is 2.46. The number of fused-ring (bicyclic) bond motifs is 1. The van der Waals surface area contributed by atoms with Crippen molar-refractivity contribution >= 4 is 17.1 Å². The zero-order valence-electron chi connectivity index (χ0n) is 16.0. The number of anilines is 1. The van der Waals surface area contributed by atoms with E-state index in [1.807, 2.05) is 34.9 Å². The summed E-state index contributed by atoms with van der Waals surface area (Å²) >= 11 is 0. The Hall–Kier alpha value is -2.91. The van der Waals surface area contributed by atoms with E-state index in [-0.39, 0.29) is 18.2 Å². The summed E-state index contributed by atoms with van der Waals surface area (Å²) in [5, 5.41) is 12.8. The standard InChI is InChI=1S/C19H24N6O3/c1-22-16-15(17(27)23(2)19(22)28)25(10-13-6-4-3-5-7-13)18(21-16)24-9-8-20-14(11-24)12-26/h3-7,14,20,26H,8-12H2,1-2H3/t14-/m0/s1. The summed E-state index contributed by atoms with van der Waals surface area (Å²) in [5.41, 5.74) is 1.05. The summed E-state index contributed by atoms with van der Waals surface area (Å²) in [6, 6.07) is 9.78. The van der Waals surface area contributed by atoms with Crippen LogP contribution in [-0.4, -0.2) is 56.1 Å². The van der Waals surface area contributed by atoms with Crippen LogP contribution >= 0.6 is 0 Å². The predicted octanol–water partition coefficient (Wildman–Crippen LogP) is -0.747. The molecule has 1 aliphatic heterocycles. The van der Waals surface area contributed by atoms with Gasteiger partial charge in [-0.15, -0.1) is 0 Å². The van der Waals surface area contributed by atoms with Crippen molar-refractivity contribution in [1.29, 1.82) is 0 Å². The van der Waals surface area contributed by atoms with E-state index in [0.717, 1.165) is 10.1 Å². The lowest BCUT2D eigenvalue weighted by Crippen LogP contribution is -2.53. The fourth-order valence-electron chi connectivity index (χ4n) is 3.72. The number of piperazine rings is 1. The number of rotatable bonds is 4. The summed E-state index contributed by atoms with van der Waals surface area (Å²) in [4.78, 5) is 32.1. The van der Waals surface area contributed by atoms with Crippen LogP contribution in [0.5, 0.6) is 0 Å². The Morgan fingerprint density at radius 2 is 1.93 bits per heavy atom. The first-order valence-corrected chi connectivity index (χ1v) is 9.30. The number of aryl methyl sites for hydroxylation is 1. The summed E-state index contributed by atoms with van der Waals surface area (Å²) in [5.74, 6) is 0.636. The van der Waals surface area contributed by atoms with E-state index >= 15 is 0 Å². The van der Waals surface area contributed by atoms with Gasteiger partial charge in [-0.1, -0.05) is 30.3 Å². The largest absolute Gasteiger partial charge is 0.395 e. The fraction of sp³-hybridized carbons (Fsp3) is 0.421. The van der Waals surface area contributed by atoms with Crippen molar-refractivity contribution < 1.29 is 5.11 Å². The highest BCUT2D eigenvalue weighted by Crippen LogP contribution is 2.22. The minimum absolute atomic E-state index is 0.0235. The molecule has 0 spiro atoms. The van der Waals surface area contributed by atoms with Crippen molar-refractivity contribution in [3.05, 3.63) is 56.7 Å². The maximum Gasteiger partial charge on any atom is 0.332 e. The van der Waals surface area contributed by atoms with Crippen LogP contribution in [0.2, 0.25) is 0 Å². The van der Waals surface area contributed by atoms with Crippen LogP contribution in [0.25, 0.3) is 11.2 Å². The number of aliphatic hydroxyl groups excluding tert-OH is 1. The third-order valence-corrected chi connectivity index (χ3v) is 5.27. The first-order valence-electron chi connectivity index (χ1n) is 9.30. The van der Waals surface area contributed by atoms with Crippen molar-refractivity contribution in [2.24, 2.45) is 14.1 Å². The molecular weight excluding hydrogens is 360 g/mol. The number of imidazole rings is 1. The molecule has 4 rings (SSSR count). The summed E-state index contributed by atoms with van der Waals surface area (Å²) in [6.07, 6.45) is 0. The van der Waals surface area contributed by atoms with E-state index in [4.69, 9.17) is 4.98 Å². The maximum atomic E-state index is 12.9. The average Bonchev–Trinajstić information content (AvgIpc) is 3.11. The third kappa shape index (κ3) is 3.02. The number of nitrogens with one attached hydrogen (secondary N) is 1. The van der Waals surface area contributed by atoms with Gasteiger partial charge in [0.2, 0.25) is 5.95 Å². The molecule has 9 heteroatoms. The summed E-state index contributed by atoms with van der Waals surface area (Å²) in [7, 11) is 3.11. The predicted molar refractivity (Wildman–Crippen MR) is 107 cm³/mol. The van der Waals surface area contributed by atoms with Crippen LogP contribution in [0, 0.1) is 0 Å². The molecule has 28 heavy (non-hydrogen) atoms. The minimum atomic E-state index is -0.401. The van der Waals surface area contributed by atoms with Gasteiger partial charge in [0.05, 0.1) is 13.2 Å². The van der Waals surface area contributed by atoms with Crippen LogP contribution in [0.1, 0.15) is 5.56 Å². The van der Waals surface area contributed by atoms with E-state index in [1.165, 1.54) is 11.6 Å². The van der Waals surface area contributed by atoms with Gasteiger partial charge in [0.15, 0.2) is 11.2 Å². The molecule has 1 aromatic carbocycles. The molecule has 2 N–H and O–H groups in total. The molecule has 0 amide bonds. The number of aliphatic hydroxyl groups is 1. The van der Waals surface area contributed by atoms with Gasteiger partial charge in [-0.05, 0) is 5.56 Å². The smallest absolute Gasteiger partial charge is 0.332 e. The highest BCUT2D eigenvalue weighted by Gasteiger charge is 2.26. The van der Waals surface area contributed by atoms with Gasteiger partial charge >= 0.3 is 5.69 Å². The Balaban J connectivity index is 1.94. The molecular formula is C19H24N6O3. The lowest BCUT2D eigenvalue weighted by atomic mass is 10.2. The first kappa shape index (κ1) is 18.5. The van der Waals surface area contributed by atoms with Gasteiger partial charge in [-0.2, -0.15) is 4.98 Å². The molecule has 1 fully saturated rings. The van der Waals surface area contributed by atoms with E-state index in [2.05, 4.69) is 10.2 Å². The van der Waals surface area contributed by atoms with Crippen molar-refractivity contribution in [3.8, 4) is 0 Å². The van der Waals surface area contributed by atoms with Crippen LogP contribution in [0.3, 0.4) is 0 Å². The number of aromatic nitrogens is 4. The molecule has 1 aliphatic rings. The van der Waals surface area contributed by atoms with Crippen molar-refractivity contribution in [2.45, 2.75) is 12.6 Å². The second kappa shape index (κ2) is 7.25. The molecule has 1 atom stereocenters. The van der Waals surface area contributed by atoms with Crippen molar-refractivity contribution in [1.82, 2.24) is 24.0 Å². The highest BCUT2D eigenvalue weighted by molar-refractivity contribution is 5.75. The molecule has 1 saturated heterocycles. The lowest BCUT2D eigenvalue weighted by molar-refractivity contribution is 0.235. The van der Waals surface area contributed by atoms with Crippen LogP contribution in [0.4, 0.5) is 5.95 Å². The quantitative estimate of drug-likeness (QED) is 0.615. The molecule has 3 heterocycles. The Labute approximate surface area is 161 Å². The van der Waals surface area contributed by atoms with Crippen molar-refractivity contribution in [2.75, 3.05) is 31.1 Å². The highest BCUT2D eigenvalue weighted by atomic mass is 16.3. The Kier molecular flexibility index (Phi) is 4.78. The number of nitrogens with zero attached hydrogens (tertiary/aromatic N) is 5. The van der Waals surface area contributed by atoms with E-state index in [9.17, 15) is 14.7 Å². The molecule has 3 aromatic rings. The topological polar surface area (TPSA) is 97.3 Å². The van der Waals surface area contributed by atoms with E-state index in [1.54, 1.807) is 7.05 Å². The average molecular weight is 384 g/mol. The van der Waals surface area contributed by atoms with Crippen LogP contribution < -0.4 is 21.5 Å². The fourth-order valence-corrected chi connectivity index (χ4v) is 3.72. The zero-order valence-corrected chi connectivity index (χ0v) is 16.0. The van der Waals surface area contributed by atoms with E-state index < -0.39 is 5.69 Å². The van der Waals surface area contributed by atoms with Gasteiger partial charge in [-0.25, -0.2) is 4.79 Å². The Bertz CT molecular complexity index is 1110.